The van der Waals surface area contributed by atoms with Crippen LogP contribution in [0.2, 0.25) is 0 Å². The Hall–Kier alpha value is -2.90. The molecule has 0 aliphatic carbocycles. The van der Waals surface area contributed by atoms with E-state index >= 15 is 0 Å². The lowest BCUT2D eigenvalue weighted by Crippen LogP contribution is -2.41. The van der Waals surface area contributed by atoms with E-state index in [1.165, 1.54) is 0 Å². The molecular formula is C22H27N3O4. The molecule has 2 atom stereocenters. The van der Waals surface area contributed by atoms with E-state index in [9.17, 15) is 14.7 Å². The van der Waals surface area contributed by atoms with Crippen molar-refractivity contribution in [2.45, 2.75) is 31.9 Å². The van der Waals surface area contributed by atoms with Crippen molar-refractivity contribution in [2.75, 3.05) is 25.0 Å². The fourth-order valence-corrected chi connectivity index (χ4v) is 3.19. The second-order valence-corrected chi connectivity index (χ2v) is 7.24. The van der Waals surface area contributed by atoms with Crippen LogP contribution in [-0.2, 0) is 16.0 Å². The van der Waals surface area contributed by atoms with Gasteiger partial charge in [0.05, 0.1) is 12.1 Å². The number of carbonyl (C=O) groups excluding carboxylic acids is 2. The number of nitrogens with one attached hydrogen (secondary N) is 3. The van der Waals surface area contributed by atoms with Crippen LogP contribution in [-0.4, -0.2) is 48.8 Å². The van der Waals surface area contributed by atoms with E-state index < -0.39 is 6.10 Å². The molecule has 29 heavy (non-hydrogen) atoms. The molecule has 0 spiro atoms. The molecular weight excluding hydrogens is 370 g/mol. The van der Waals surface area contributed by atoms with Gasteiger partial charge < -0.3 is 25.8 Å². The summed E-state index contributed by atoms with van der Waals surface area (Å²) in [5.41, 5.74) is 2.88. The molecule has 0 saturated carbocycles. The number of hydrogen-bond donors (Lipinski definition) is 4. The van der Waals surface area contributed by atoms with Gasteiger partial charge in [0.1, 0.15) is 5.75 Å². The number of ether oxygens (including phenoxy) is 1. The van der Waals surface area contributed by atoms with Gasteiger partial charge in [-0.15, -0.1) is 0 Å². The largest absolute Gasteiger partial charge is 0.484 e. The van der Waals surface area contributed by atoms with Crippen molar-refractivity contribution in [2.24, 2.45) is 0 Å². The minimum Gasteiger partial charge on any atom is -0.484 e. The molecule has 0 aromatic heterocycles. The van der Waals surface area contributed by atoms with Gasteiger partial charge in [-0.1, -0.05) is 24.3 Å². The van der Waals surface area contributed by atoms with Gasteiger partial charge in [-0.05, 0) is 55.2 Å². The number of aliphatic hydroxyl groups is 1. The highest BCUT2D eigenvalue weighted by atomic mass is 16.5. The molecule has 0 bridgehead atoms. The smallest absolute Gasteiger partial charge is 0.262 e. The van der Waals surface area contributed by atoms with Crippen molar-refractivity contribution >= 4 is 17.5 Å². The van der Waals surface area contributed by atoms with Crippen molar-refractivity contribution in [3.05, 3.63) is 59.7 Å². The summed E-state index contributed by atoms with van der Waals surface area (Å²) in [6, 6.07) is 14.7. The maximum atomic E-state index is 12.0. The fraction of sp³-hybridized carbons (Fsp3) is 0.364. The molecule has 154 valence electrons. The van der Waals surface area contributed by atoms with Crippen LogP contribution >= 0.6 is 0 Å². The fourth-order valence-electron chi connectivity index (χ4n) is 3.19. The monoisotopic (exact) mass is 397 g/mol. The average molecular weight is 397 g/mol. The Labute approximate surface area is 170 Å². The number of aryl methyl sites for hydroxylation is 1. The number of anilines is 1. The molecule has 1 saturated heterocycles. The van der Waals surface area contributed by atoms with Gasteiger partial charge in [-0.2, -0.15) is 0 Å². The maximum Gasteiger partial charge on any atom is 0.262 e. The van der Waals surface area contributed by atoms with Gasteiger partial charge in [-0.3, -0.25) is 9.59 Å². The first kappa shape index (κ1) is 20.8. The second-order valence-electron chi connectivity index (χ2n) is 7.24. The quantitative estimate of drug-likeness (QED) is 0.540. The van der Waals surface area contributed by atoms with Gasteiger partial charge in [0.2, 0.25) is 5.91 Å². The maximum absolute atomic E-state index is 12.0. The Morgan fingerprint density at radius 2 is 2.00 bits per heavy atom. The van der Waals surface area contributed by atoms with Crippen molar-refractivity contribution in [3.63, 3.8) is 0 Å². The van der Waals surface area contributed by atoms with Gasteiger partial charge in [0.15, 0.2) is 6.61 Å². The summed E-state index contributed by atoms with van der Waals surface area (Å²) in [6.07, 6.45) is 0.696. The Morgan fingerprint density at radius 3 is 2.69 bits per heavy atom. The highest BCUT2D eigenvalue weighted by molar-refractivity contribution is 5.91. The molecule has 1 fully saturated rings. The SMILES string of the molecule is Cc1cccc(NC(=O)COc2ccc(CCNC(=O)C3CC(O)CN3)cc2)c1. The van der Waals surface area contributed by atoms with Crippen molar-refractivity contribution < 1.29 is 19.4 Å². The number of β-amino-alcohol motifs (C(OH)–C–C–N with tert-alkyl or cyclic N) is 1. The molecule has 4 N–H and O–H groups in total. The molecule has 1 aliphatic rings. The zero-order valence-corrected chi connectivity index (χ0v) is 16.5. The van der Waals surface area contributed by atoms with Crippen LogP contribution in [0.3, 0.4) is 0 Å². The van der Waals surface area contributed by atoms with Gasteiger partial charge in [0, 0.05) is 18.8 Å². The first-order valence-electron chi connectivity index (χ1n) is 9.77. The second kappa shape index (κ2) is 10.0. The first-order chi connectivity index (χ1) is 14.0. The van der Waals surface area contributed by atoms with Gasteiger partial charge in [0.25, 0.3) is 5.91 Å². The third kappa shape index (κ3) is 6.58. The van der Waals surface area contributed by atoms with E-state index in [1.807, 2.05) is 55.5 Å². The van der Waals surface area contributed by atoms with Crippen LogP contribution in [0.4, 0.5) is 5.69 Å². The van der Waals surface area contributed by atoms with Crippen LogP contribution in [0.5, 0.6) is 5.75 Å². The summed E-state index contributed by atoms with van der Waals surface area (Å²) in [6.45, 7) is 2.88. The topological polar surface area (TPSA) is 99.7 Å². The van der Waals surface area contributed by atoms with Crippen molar-refractivity contribution in [1.82, 2.24) is 10.6 Å². The standard InChI is InChI=1S/C22H27N3O4/c1-15-3-2-4-17(11-15)25-21(27)14-29-19-7-5-16(6-8-19)9-10-23-22(28)20-12-18(26)13-24-20/h2-8,11,18,20,24,26H,9-10,12-14H2,1H3,(H,23,28)(H,25,27). The lowest BCUT2D eigenvalue weighted by Gasteiger charge is -2.11. The number of aliphatic hydroxyl groups excluding tert-OH is 1. The zero-order valence-electron chi connectivity index (χ0n) is 16.5. The number of benzene rings is 2. The molecule has 3 rings (SSSR count). The van der Waals surface area contributed by atoms with E-state index in [4.69, 9.17) is 4.74 Å². The van der Waals surface area contributed by atoms with Crippen LogP contribution in [0, 0.1) is 6.92 Å². The molecule has 0 radical (unpaired) electrons. The molecule has 7 heteroatoms. The summed E-state index contributed by atoms with van der Waals surface area (Å²) in [5, 5.41) is 18.1. The summed E-state index contributed by atoms with van der Waals surface area (Å²) in [5.74, 6) is 0.315. The molecule has 2 aromatic carbocycles. The predicted octanol–water partition coefficient (Wildman–Crippen LogP) is 1.39. The summed E-state index contributed by atoms with van der Waals surface area (Å²) >= 11 is 0. The van der Waals surface area contributed by atoms with Crippen LogP contribution in [0.25, 0.3) is 0 Å². The number of amides is 2. The van der Waals surface area contributed by atoms with Gasteiger partial charge >= 0.3 is 0 Å². The van der Waals surface area contributed by atoms with Crippen LogP contribution in [0.15, 0.2) is 48.5 Å². The number of carbonyl (C=O) groups is 2. The average Bonchev–Trinajstić information content (AvgIpc) is 3.14. The molecule has 7 nitrogen and oxygen atoms in total. The molecule has 1 aliphatic heterocycles. The normalized spacial score (nSPS) is 18.3. The highest BCUT2D eigenvalue weighted by Crippen LogP contribution is 2.14. The zero-order chi connectivity index (χ0) is 20.6. The Bertz CT molecular complexity index is 838. The Balaban J connectivity index is 1.37. The molecule has 2 amide bonds. The predicted molar refractivity (Wildman–Crippen MR) is 111 cm³/mol. The molecule has 2 aromatic rings. The third-order valence-electron chi connectivity index (χ3n) is 4.73. The number of hydrogen-bond acceptors (Lipinski definition) is 5. The summed E-state index contributed by atoms with van der Waals surface area (Å²) < 4.78 is 5.53. The lowest BCUT2D eigenvalue weighted by molar-refractivity contribution is -0.123. The van der Waals surface area contributed by atoms with E-state index in [0.717, 1.165) is 16.8 Å². The summed E-state index contributed by atoms with van der Waals surface area (Å²) in [7, 11) is 0. The van der Waals surface area contributed by atoms with Crippen molar-refractivity contribution in [1.29, 1.82) is 0 Å². The first-order valence-corrected chi connectivity index (χ1v) is 9.77. The molecule has 1 heterocycles. The van der Waals surface area contributed by atoms with E-state index in [-0.39, 0.29) is 24.5 Å². The third-order valence-corrected chi connectivity index (χ3v) is 4.73. The Kier molecular flexibility index (Phi) is 7.21. The van der Waals surface area contributed by atoms with Crippen molar-refractivity contribution in [3.8, 4) is 5.75 Å². The minimum atomic E-state index is -0.447. The van der Waals surface area contributed by atoms with E-state index in [0.29, 0.717) is 31.7 Å². The number of rotatable bonds is 8. The van der Waals surface area contributed by atoms with E-state index in [2.05, 4.69) is 16.0 Å². The highest BCUT2D eigenvalue weighted by Gasteiger charge is 2.27. The van der Waals surface area contributed by atoms with E-state index in [1.54, 1.807) is 0 Å². The Morgan fingerprint density at radius 1 is 1.21 bits per heavy atom. The van der Waals surface area contributed by atoms with Crippen LogP contribution in [0.1, 0.15) is 17.5 Å². The summed E-state index contributed by atoms with van der Waals surface area (Å²) in [4.78, 5) is 24.0. The minimum absolute atomic E-state index is 0.0659. The molecule has 2 unspecified atom stereocenters. The van der Waals surface area contributed by atoms with Crippen LogP contribution < -0.4 is 20.7 Å². The van der Waals surface area contributed by atoms with Gasteiger partial charge in [-0.25, -0.2) is 0 Å². The lowest BCUT2D eigenvalue weighted by atomic mass is 10.1.